The molecular weight excluding hydrogens is 249 g/mol. The minimum atomic E-state index is 0. The molecule has 0 nitrogen and oxygen atoms in total. The predicted octanol–water partition coefficient (Wildman–Crippen LogP) is 3.49. The van der Waals surface area contributed by atoms with E-state index < -0.39 is 0 Å². The monoisotopic (exact) mass is 274 g/mol. The van der Waals surface area contributed by atoms with E-state index in [0.29, 0.717) is 15.8 Å². The zero-order chi connectivity index (χ0) is 10.7. The van der Waals surface area contributed by atoms with Gasteiger partial charge in [0.25, 0.3) is 0 Å². The summed E-state index contributed by atoms with van der Waals surface area (Å²) in [4.78, 5) is 0. The number of hydrogen-bond donors (Lipinski definition) is 0. The zero-order valence-corrected chi connectivity index (χ0v) is 13.4. The molecule has 0 aliphatic heterocycles. The molecular formula is C11H25MnP2. The van der Waals surface area contributed by atoms with Gasteiger partial charge in [-0.1, -0.05) is 24.3 Å². The van der Waals surface area contributed by atoms with Crippen molar-refractivity contribution in [3.05, 3.63) is 30.7 Å². The van der Waals surface area contributed by atoms with Gasteiger partial charge in [-0.05, 0) is 40.0 Å². The van der Waals surface area contributed by atoms with Gasteiger partial charge in [-0.25, -0.2) is 0 Å². The Labute approximate surface area is 104 Å². The fraction of sp³-hybridized carbons (Fsp3) is 0.545. The van der Waals surface area contributed by atoms with Crippen LogP contribution in [0.2, 0.25) is 0 Å². The Morgan fingerprint density at radius 3 is 0.857 bits per heavy atom. The molecule has 2 radical (unpaired) electrons. The standard InChI is InChI=1S/C5H5.2C3H9P.Mn.2H/c1-2-4-5-3-1;2*1-4(2)3;;;/h1-5H;2*1-3H3;;;. The maximum absolute atomic E-state index is 2.23. The molecule has 0 spiro atoms. The molecule has 0 aromatic rings. The first kappa shape index (κ1) is 20.3. The summed E-state index contributed by atoms with van der Waals surface area (Å²) in [6.45, 7) is 13.4. The average Bonchev–Trinajstić information content (AvgIpc) is 2.35. The van der Waals surface area contributed by atoms with Crippen LogP contribution in [0.25, 0.3) is 0 Å². The van der Waals surface area contributed by atoms with Crippen molar-refractivity contribution in [1.82, 2.24) is 0 Å². The molecule has 0 amide bonds. The van der Waals surface area contributed by atoms with Crippen molar-refractivity contribution >= 4 is 15.8 Å². The Hall–Kier alpha value is 0.859. The summed E-state index contributed by atoms with van der Waals surface area (Å²) in [5.74, 6) is 0. The number of rotatable bonds is 0. The summed E-state index contributed by atoms with van der Waals surface area (Å²) in [5, 5.41) is 0. The van der Waals surface area contributed by atoms with Crippen molar-refractivity contribution in [2.45, 2.75) is 0 Å². The summed E-state index contributed by atoms with van der Waals surface area (Å²) in [6.07, 6.45) is 10.0. The van der Waals surface area contributed by atoms with Crippen LogP contribution in [0, 0.1) is 6.42 Å². The van der Waals surface area contributed by atoms with Gasteiger partial charge in [0, 0.05) is 6.42 Å². The minimum absolute atomic E-state index is 0. The summed E-state index contributed by atoms with van der Waals surface area (Å²) in [6, 6.07) is 0. The predicted molar refractivity (Wildman–Crippen MR) is 74.8 cm³/mol. The molecule has 0 saturated carbocycles. The summed E-state index contributed by atoms with van der Waals surface area (Å²) in [5.41, 5.74) is 0. The topological polar surface area (TPSA) is 0 Å². The molecule has 1 aliphatic rings. The Balaban J connectivity index is -0.000000127. The third-order valence-electron chi connectivity index (χ3n) is 0.556. The van der Waals surface area contributed by atoms with Gasteiger partial charge >= 0.3 is 17.1 Å². The molecule has 0 aromatic carbocycles. The summed E-state index contributed by atoms with van der Waals surface area (Å²) in [7, 11) is 0.759. The molecule has 0 N–H and O–H groups in total. The second-order valence-electron chi connectivity index (χ2n) is 3.65. The van der Waals surface area contributed by atoms with Crippen LogP contribution in [0.4, 0.5) is 0 Å². The van der Waals surface area contributed by atoms with Crippen molar-refractivity contribution in [1.29, 1.82) is 0 Å². The van der Waals surface area contributed by atoms with Crippen LogP contribution in [-0.4, -0.2) is 40.0 Å². The molecule has 14 heavy (non-hydrogen) atoms. The van der Waals surface area contributed by atoms with Crippen LogP contribution in [-0.2, 0) is 17.1 Å². The van der Waals surface area contributed by atoms with Gasteiger partial charge in [0.2, 0.25) is 0 Å². The van der Waals surface area contributed by atoms with Gasteiger partial charge in [0.1, 0.15) is 0 Å². The van der Waals surface area contributed by atoms with Crippen LogP contribution in [0.3, 0.4) is 0 Å². The first-order valence-corrected chi connectivity index (χ1v) is 9.72. The van der Waals surface area contributed by atoms with Crippen LogP contribution < -0.4 is 0 Å². The van der Waals surface area contributed by atoms with E-state index in [1.807, 2.05) is 30.7 Å². The molecule has 0 unspecified atom stereocenters. The Bertz CT molecular complexity index is 119. The molecule has 0 heterocycles. The van der Waals surface area contributed by atoms with E-state index in [9.17, 15) is 0 Å². The van der Waals surface area contributed by atoms with Crippen LogP contribution in [0.15, 0.2) is 24.3 Å². The van der Waals surface area contributed by atoms with Crippen molar-refractivity contribution in [2.24, 2.45) is 0 Å². The van der Waals surface area contributed by atoms with Crippen molar-refractivity contribution in [3.63, 3.8) is 0 Å². The van der Waals surface area contributed by atoms with Crippen molar-refractivity contribution in [3.8, 4) is 0 Å². The maximum atomic E-state index is 2.23. The molecule has 0 fully saturated rings. The van der Waals surface area contributed by atoms with E-state index in [-0.39, 0.29) is 17.1 Å². The fourth-order valence-electron chi connectivity index (χ4n) is 0.321. The molecule has 1 rings (SSSR count). The van der Waals surface area contributed by atoms with E-state index >= 15 is 0 Å². The molecule has 0 bridgehead atoms. The van der Waals surface area contributed by atoms with E-state index in [0.717, 1.165) is 0 Å². The fourth-order valence-corrected chi connectivity index (χ4v) is 0.321. The summed E-state index contributed by atoms with van der Waals surface area (Å²) >= 11 is 0. The molecule has 0 aromatic heterocycles. The molecule has 0 saturated heterocycles. The quantitative estimate of drug-likeness (QED) is 0.468. The second-order valence-corrected chi connectivity index (χ2v) is 9.01. The van der Waals surface area contributed by atoms with Gasteiger partial charge in [0.05, 0.1) is 0 Å². The molecule has 3 heteroatoms. The Morgan fingerprint density at radius 2 is 0.786 bits per heavy atom. The van der Waals surface area contributed by atoms with Gasteiger partial charge in [-0.3, -0.25) is 0 Å². The van der Waals surface area contributed by atoms with Crippen LogP contribution >= 0.6 is 15.8 Å². The Kier molecular flexibility index (Phi) is 23.6. The van der Waals surface area contributed by atoms with Crippen molar-refractivity contribution < 1.29 is 17.1 Å². The van der Waals surface area contributed by atoms with E-state index in [1.54, 1.807) is 0 Å². The van der Waals surface area contributed by atoms with E-state index in [2.05, 4.69) is 40.0 Å². The zero-order valence-electron chi connectivity index (χ0n) is 10.2. The third kappa shape index (κ3) is 52.7. The Morgan fingerprint density at radius 1 is 0.571 bits per heavy atom. The normalized spacial score (nSPS) is 11.4. The molecule has 0 atom stereocenters. The average molecular weight is 274 g/mol. The van der Waals surface area contributed by atoms with Crippen LogP contribution in [0.5, 0.6) is 0 Å². The van der Waals surface area contributed by atoms with Crippen LogP contribution in [0.1, 0.15) is 0 Å². The van der Waals surface area contributed by atoms with Crippen molar-refractivity contribution in [2.75, 3.05) is 40.0 Å². The van der Waals surface area contributed by atoms with Gasteiger partial charge < -0.3 is 0 Å². The van der Waals surface area contributed by atoms with Gasteiger partial charge in [-0.15, -0.1) is 15.8 Å². The SMILES string of the molecule is CP(C)C.CP(C)C.[CH]1C=CC=C1.[MnH2]. The first-order chi connectivity index (χ1) is 5.96. The third-order valence-corrected chi connectivity index (χ3v) is 0.556. The van der Waals surface area contributed by atoms with Gasteiger partial charge in [0.15, 0.2) is 0 Å². The molecule has 1 aliphatic carbocycles. The summed E-state index contributed by atoms with van der Waals surface area (Å²) < 4.78 is 0. The second kappa shape index (κ2) is 16.3. The number of hydrogen-bond acceptors (Lipinski definition) is 0. The van der Waals surface area contributed by atoms with Gasteiger partial charge in [-0.2, -0.15) is 0 Å². The van der Waals surface area contributed by atoms with E-state index in [4.69, 9.17) is 0 Å². The molecule has 86 valence electrons. The van der Waals surface area contributed by atoms with E-state index in [1.165, 1.54) is 0 Å². The number of allylic oxidation sites excluding steroid dienone is 4. The first-order valence-electron chi connectivity index (χ1n) is 4.35.